The van der Waals surface area contributed by atoms with Gasteiger partial charge >= 0.3 is 5.97 Å². The molecule has 0 amide bonds. The van der Waals surface area contributed by atoms with E-state index in [4.69, 9.17) is 9.84 Å². The first-order valence-electron chi connectivity index (χ1n) is 4.58. The topological polar surface area (TPSA) is 58.6 Å². The molecule has 0 radical (unpaired) electrons. The summed E-state index contributed by atoms with van der Waals surface area (Å²) in [6.45, 7) is 3.81. The molecule has 2 N–H and O–H groups in total. The van der Waals surface area contributed by atoms with E-state index in [1.54, 1.807) is 7.05 Å². The van der Waals surface area contributed by atoms with Crippen LogP contribution in [0.3, 0.4) is 0 Å². The lowest BCUT2D eigenvalue weighted by atomic mass is 9.84. The normalized spacial score (nSPS) is 40.2. The fourth-order valence-corrected chi connectivity index (χ4v) is 2.04. The van der Waals surface area contributed by atoms with Crippen molar-refractivity contribution in [2.45, 2.75) is 44.4 Å². The molecule has 0 bridgehead atoms. The lowest BCUT2D eigenvalue weighted by molar-refractivity contribution is -0.155. The van der Waals surface area contributed by atoms with E-state index in [0.717, 1.165) is 0 Å². The van der Waals surface area contributed by atoms with E-state index >= 15 is 0 Å². The van der Waals surface area contributed by atoms with Crippen molar-refractivity contribution in [3.8, 4) is 0 Å². The zero-order chi connectivity index (χ0) is 10.1. The van der Waals surface area contributed by atoms with Crippen LogP contribution in [-0.2, 0) is 9.53 Å². The Morgan fingerprint density at radius 2 is 1.92 bits per heavy atom. The van der Waals surface area contributed by atoms with Crippen LogP contribution in [0.5, 0.6) is 0 Å². The van der Waals surface area contributed by atoms with E-state index in [2.05, 4.69) is 5.32 Å². The van der Waals surface area contributed by atoms with Crippen LogP contribution in [0.2, 0.25) is 0 Å². The highest BCUT2D eigenvalue weighted by atomic mass is 16.5. The minimum atomic E-state index is -0.795. The molecule has 76 valence electrons. The predicted octanol–water partition coefficient (Wildman–Crippen LogP) is 0.617. The first kappa shape index (κ1) is 10.5. The number of hydrogen-bond acceptors (Lipinski definition) is 3. The molecule has 4 heteroatoms. The summed E-state index contributed by atoms with van der Waals surface area (Å²) in [6, 6.07) is 0. The highest BCUT2D eigenvalue weighted by molar-refractivity contribution is 5.79. The Kier molecular flexibility index (Phi) is 2.93. The van der Waals surface area contributed by atoms with E-state index < -0.39 is 11.5 Å². The SMILES string of the molecule is CNC1(C(=O)O)CC(C)OC(C)C1. The summed E-state index contributed by atoms with van der Waals surface area (Å²) in [7, 11) is 1.69. The van der Waals surface area contributed by atoms with Crippen molar-refractivity contribution in [2.75, 3.05) is 7.05 Å². The van der Waals surface area contributed by atoms with Crippen molar-refractivity contribution in [1.29, 1.82) is 0 Å². The first-order valence-corrected chi connectivity index (χ1v) is 4.58. The third kappa shape index (κ3) is 2.00. The monoisotopic (exact) mass is 187 g/mol. The number of likely N-dealkylation sites (N-methyl/N-ethyl adjacent to an activating group) is 1. The summed E-state index contributed by atoms with van der Waals surface area (Å²) in [4.78, 5) is 11.1. The molecule has 1 fully saturated rings. The molecule has 1 saturated heterocycles. The maximum absolute atomic E-state index is 11.1. The summed E-state index contributed by atoms with van der Waals surface area (Å²) >= 11 is 0. The smallest absolute Gasteiger partial charge is 0.324 e. The van der Waals surface area contributed by atoms with Crippen molar-refractivity contribution >= 4 is 5.97 Å². The van der Waals surface area contributed by atoms with Crippen molar-refractivity contribution in [3.63, 3.8) is 0 Å². The van der Waals surface area contributed by atoms with Gasteiger partial charge in [-0.3, -0.25) is 4.79 Å². The molecule has 0 aliphatic carbocycles. The third-order valence-electron chi connectivity index (χ3n) is 2.62. The van der Waals surface area contributed by atoms with Gasteiger partial charge in [-0.1, -0.05) is 0 Å². The van der Waals surface area contributed by atoms with E-state index in [1.807, 2.05) is 13.8 Å². The van der Waals surface area contributed by atoms with Gasteiger partial charge in [0.1, 0.15) is 5.54 Å². The molecule has 1 aliphatic heterocycles. The molecule has 1 heterocycles. The Morgan fingerprint density at radius 3 is 2.23 bits per heavy atom. The van der Waals surface area contributed by atoms with Crippen LogP contribution in [0, 0.1) is 0 Å². The Bertz CT molecular complexity index is 195. The molecule has 1 aliphatic rings. The number of hydrogen-bond donors (Lipinski definition) is 2. The molecular weight excluding hydrogens is 170 g/mol. The van der Waals surface area contributed by atoms with Crippen molar-refractivity contribution in [2.24, 2.45) is 0 Å². The van der Waals surface area contributed by atoms with Crippen LogP contribution >= 0.6 is 0 Å². The Hall–Kier alpha value is -0.610. The molecule has 2 atom stereocenters. The molecular formula is C9H17NO3. The molecule has 0 saturated carbocycles. The predicted molar refractivity (Wildman–Crippen MR) is 48.7 cm³/mol. The third-order valence-corrected chi connectivity index (χ3v) is 2.62. The van der Waals surface area contributed by atoms with Gasteiger partial charge < -0.3 is 15.2 Å². The second-order valence-electron chi connectivity index (χ2n) is 3.80. The van der Waals surface area contributed by atoms with Gasteiger partial charge in [0.05, 0.1) is 12.2 Å². The molecule has 1 rings (SSSR count). The van der Waals surface area contributed by atoms with Crippen molar-refractivity contribution < 1.29 is 14.6 Å². The number of ether oxygens (including phenoxy) is 1. The van der Waals surface area contributed by atoms with Crippen molar-refractivity contribution in [3.05, 3.63) is 0 Å². The molecule has 4 nitrogen and oxygen atoms in total. The second-order valence-corrected chi connectivity index (χ2v) is 3.80. The van der Waals surface area contributed by atoms with Gasteiger partial charge in [0.15, 0.2) is 0 Å². The maximum atomic E-state index is 11.1. The molecule has 0 aromatic carbocycles. The van der Waals surface area contributed by atoms with Crippen LogP contribution < -0.4 is 5.32 Å². The lowest BCUT2D eigenvalue weighted by Gasteiger charge is -2.39. The van der Waals surface area contributed by atoms with E-state index in [9.17, 15) is 4.79 Å². The van der Waals surface area contributed by atoms with Gasteiger partial charge in [-0.15, -0.1) is 0 Å². The van der Waals surface area contributed by atoms with Crippen LogP contribution in [0.4, 0.5) is 0 Å². The lowest BCUT2D eigenvalue weighted by Crippen LogP contribution is -2.57. The summed E-state index contributed by atoms with van der Waals surface area (Å²) in [5.41, 5.74) is -0.795. The summed E-state index contributed by atoms with van der Waals surface area (Å²) in [5.74, 6) is -0.781. The van der Waals surface area contributed by atoms with Gasteiger partial charge in [0, 0.05) is 12.8 Å². The number of carbonyl (C=O) groups is 1. The number of nitrogens with one attached hydrogen (secondary N) is 1. The van der Waals surface area contributed by atoms with Gasteiger partial charge in [0.2, 0.25) is 0 Å². The highest BCUT2D eigenvalue weighted by Gasteiger charge is 2.43. The van der Waals surface area contributed by atoms with E-state index in [-0.39, 0.29) is 12.2 Å². The maximum Gasteiger partial charge on any atom is 0.324 e. The fraction of sp³-hybridized carbons (Fsp3) is 0.889. The minimum Gasteiger partial charge on any atom is -0.480 e. The van der Waals surface area contributed by atoms with Crippen molar-refractivity contribution in [1.82, 2.24) is 5.32 Å². The largest absolute Gasteiger partial charge is 0.480 e. The van der Waals surface area contributed by atoms with E-state index in [0.29, 0.717) is 12.8 Å². The van der Waals surface area contributed by atoms with Gasteiger partial charge in [0.25, 0.3) is 0 Å². The Balaban J connectivity index is 2.80. The summed E-state index contributed by atoms with van der Waals surface area (Å²) in [5, 5.41) is 12.0. The van der Waals surface area contributed by atoms with Gasteiger partial charge in [-0.25, -0.2) is 0 Å². The average Bonchev–Trinajstić information content (AvgIpc) is 2.02. The molecule has 0 aromatic heterocycles. The molecule has 0 spiro atoms. The Labute approximate surface area is 78.3 Å². The number of carboxylic acids is 1. The first-order chi connectivity index (χ1) is 6.00. The number of aliphatic carboxylic acids is 1. The standard InChI is InChI=1S/C9H17NO3/c1-6-4-9(10-3,8(11)12)5-7(2)13-6/h6-7,10H,4-5H2,1-3H3,(H,11,12). The fourth-order valence-electron chi connectivity index (χ4n) is 2.04. The van der Waals surface area contributed by atoms with Crippen LogP contribution in [0.25, 0.3) is 0 Å². The van der Waals surface area contributed by atoms with E-state index in [1.165, 1.54) is 0 Å². The van der Waals surface area contributed by atoms with Crippen LogP contribution in [0.1, 0.15) is 26.7 Å². The zero-order valence-corrected chi connectivity index (χ0v) is 8.33. The molecule has 13 heavy (non-hydrogen) atoms. The Morgan fingerprint density at radius 1 is 1.46 bits per heavy atom. The summed E-state index contributed by atoms with van der Waals surface area (Å²) < 4.78 is 5.49. The number of rotatable bonds is 2. The summed E-state index contributed by atoms with van der Waals surface area (Å²) in [6.07, 6.45) is 1.08. The molecule has 0 aromatic rings. The second kappa shape index (κ2) is 3.64. The highest BCUT2D eigenvalue weighted by Crippen LogP contribution is 2.28. The minimum absolute atomic E-state index is 0.00676. The molecule has 2 unspecified atom stereocenters. The quantitative estimate of drug-likeness (QED) is 0.665. The van der Waals surface area contributed by atoms with Gasteiger partial charge in [-0.05, 0) is 20.9 Å². The average molecular weight is 187 g/mol. The van der Waals surface area contributed by atoms with Crippen LogP contribution in [-0.4, -0.2) is 35.9 Å². The number of carboxylic acid groups (broad SMARTS) is 1. The zero-order valence-electron chi connectivity index (χ0n) is 8.33. The van der Waals surface area contributed by atoms with Crippen LogP contribution in [0.15, 0.2) is 0 Å². The van der Waals surface area contributed by atoms with Gasteiger partial charge in [-0.2, -0.15) is 0 Å².